The molecule has 0 saturated carbocycles. The monoisotopic (exact) mass is 509 g/mol. The number of aliphatic hydroxyl groups is 1. The first-order valence-corrected chi connectivity index (χ1v) is 12.5. The fourth-order valence-corrected chi connectivity index (χ4v) is 6.09. The Labute approximate surface area is 201 Å². The van der Waals surface area contributed by atoms with Crippen molar-refractivity contribution in [2.45, 2.75) is 56.6 Å². The molecule has 34 heavy (non-hydrogen) atoms. The van der Waals surface area contributed by atoms with Crippen LogP contribution < -0.4 is 9.46 Å². The molecule has 0 spiro atoms. The third-order valence-corrected chi connectivity index (χ3v) is 8.12. The van der Waals surface area contributed by atoms with E-state index in [2.05, 4.69) is 25.3 Å². The number of rotatable bonds is 6. The van der Waals surface area contributed by atoms with E-state index in [4.69, 9.17) is 16.3 Å². The first-order chi connectivity index (χ1) is 15.9. The molecule has 3 N–H and O–H groups in total. The number of nitrogens with one attached hydrogen (secondary N) is 2. The number of benzene rings is 2. The van der Waals surface area contributed by atoms with E-state index >= 15 is 0 Å². The minimum Gasteiger partial charge on any atom is -0.492 e. The van der Waals surface area contributed by atoms with Crippen molar-refractivity contribution < 1.29 is 22.7 Å². The average molecular weight is 510 g/mol. The largest absolute Gasteiger partial charge is 0.492 e. The molecule has 0 unspecified atom stereocenters. The van der Waals surface area contributed by atoms with Gasteiger partial charge in [-0.2, -0.15) is 9.94 Å². The van der Waals surface area contributed by atoms with Crippen molar-refractivity contribution in [3.05, 3.63) is 63.2 Å². The molecule has 3 atom stereocenters. The van der Waals surface area contributed by atoms with E-state index in [0.717, 1.165) is 5.56 Å². The number of aromatic amines is 1. The number of aryl methyl sites for hydroxylation is 1. The number of fused-ring (bicyclic) bond motifs is 1. The van der Waals surface area contributed by atoms with Gasteiger partial charge in [-0.1, -0.05) is 29.8 Å². The Hall–Kier alpha value is -2.60. The Balaban J connectivity index is 1.81. The zero-order chi connectivity index (χ0) is 24.8. The van der Waals surface area contributed by atoms with Gasteiger partial charge in [0.15, 0.2) is 5.82 Å². The molecule has 1 aromatic heterocycles. The predicted molar refractivity (Wildman–Crippen MR) is 123 cm³/mol. The van der Waals surface area contributed by atoms with Gasteiger partial charge in [-0.3, -0.25) is 0 Å². The van der Waals surface area contributed by atoms with Gasteiger partial charge in [-0.15, -0.1) is 10.2 Å². The normalized spacial score (nSPS) is 19.9. The number of sulfonamides is 1. The summed E-state index contributed by atoms with van der Waals surface area (Å²) < 4.78 is 50.4. The highest BCUT2D eigenvalue weighted by molar-refractivity contribution is 7.89. The zero-order valence-electron chi connectivity index (χ0n) is 19.1. The molecule has 0 fully saturated rings. The van der Waals surface area contributed by atoms with Crippen LogP contribution >= 0.6 is 11.6 Å². The summed E-state index contributed by atoms with van der Waals surface area (Å²) in [6.45, 7) is 6.98. The van der Waals surface area contributed by atoms with Crippen molar-refractivity contribution in [3.63, 3.8) is 0 Å². The van der Waals surface area contributed by atoms with Crippen molar-refractivity contribution in [2.24, 2.45) is 0 Å². The molecule has 9 nitrogen and oxygen atoms in total. The van der Waals surface area contributed by atoms with Gasteiger partial charge in [-0.25, -0.2) is 12.8 Å². The van der Waals surface area contributed by atoms with E-state index in [-0.39, 0.29) is 40.1 Å². The molecular weight excluding hydrogens is 485 g/mol. The van der Waals surface area contributed by atoms with Gasteiger partial charge in [0.2, 0.25) is 10.0 Å². The van der Waals surface area contributed by atoms with Crippen molar-refractivity contribution >= 4 is 21.6 Å². The zero-order valence-corrected chi connectivity index (χ0v) is 20.6. The van der Waals surface area contributed by atoms with Crippen molar-refractivity contribution in [3.8, 4) is 5.75 Å². The number of hydrogen-bond acceptors (Lipinski definition) is 7. The number of halogens is 2. The van der Waals surface area contributed by atoms with Gasteiger partial charge in [0, 0.05) is 17.9 Å². The molecule has 0 amide bonds. The van der Waals surface area contributed by atoms with E-state index in [1.807, 2.05) is 6.92 Å². The molecule has 0 saturated heterocycles. The Morgan fingerprint density at radius 1 is 1.29 bits per heavy atom. The second-order valence-electron chi connectivity index (χ2n) is 8.68. The van der Waals surface area contributed by atoms with Crippen LogP contribution in [0.5, 0.6) is 5.75 Å². The van der Waals surface area contributed by atoms with E-state index in [9.17, 15) is 17.9 Å². The Morgan fingerprint density at radius 3 is 2.71 bits per heavy atom. The Bertz CT molecular complexity index is 1330. The van der Waals surface area contributed by atoms with Gasteiger partial charge >= 0.3 is 0 Å². The molecule has 0 aliphatic carbocycles. The number of nitrogens with zero attached hydrogens (tertiary/aromatic N) is 3. The van der Waals surface area contributed by atoms with Gasteiger partial charge in [0.05, 0.1) is 23.3 Å². The van der Waals surface area contributed by atoms with Gasteiger partial charge < -0.3 is 9.84 Å². The molecular formula is C22H25ClFN5O4S. The molecule has 3 aromatic rings. The van der Waals surface area contributed by atoms with Gasteiger partial charge in [0.25, 0.3) is 0 Å². The first kappa shape index (κ1) is 24.5. The Morgan fingerprint density at radius 2 is 2.03 bits per heavy atom. The highest BCUT2D eigenvalue weighted by Gasteiger charge is 2.39. The van der Waals surface area contributed by atoms with Crippen LogP contribution in [0, 0.1) is 19.7 Å². The maximum atomic E-state index is 14.9. The number of aromatic nitrogens is 4. The van der Waals surface area contributed by atoms with Crippen LogP contribution in [0.15, 0.2) is 29.2 Å². The number of ether oxygens (including phenoxy) is 1. The summed E-state index contributed by atoms with van der Waals surface area (Å²) in [7, 11) is -4.27. The summed E-state index contributed by atoms with van der Waals surface area (Å²) in [6, 6.07) is 4.66. The fraction of sp³-hybridized carbons (Fsp3) is 0.409. The van der Waals surface area contributed by atoms with Gasteiger partial charge in [-0.05, 0) is 55.7 Å². The smallest absolute Gasteiger partial charge is 0.244 e. The van der Waals surface area contributed by atoms with Gasteiger partial charge in [0.1, 0.15) is 16.5 Å². The van der Waals surface area contributed by atoms with Crippen molar-refractivity contribution in [1.82, 2.24) is 25.3 Å². The topological polar surface area (TPSA) is 130 Å². The van der Waals surface area contributed by atoms with Crippen molar-refractivity contribution in [1.29, 1.82) is 0 Å². The molecule has 4 rings (SSSR count). The SMILES string of the molecule is Cc1ccc(F)c([C@@H](C)[C@H](NS(=O)(=O)c2ccc(Cl)c3c2OCC[C@@]3(C)O)c2nn[nH]n2)c1C. The van der Waals surface area contributed by atoms with Crippen LogP contribution in [0.4, 0.5) is 4.39 Å². The quantitative estimate of drug-likeness (QED) is 0.464. The third-order valence-electron chi connectivity index (χ3n) is 6.34. The minimum absolute atomic E-state index is 0.0197. The highest BCUT2D eigenvalue weighted by Crippen LogP contribution is 2.45. The lowest BCUT2D eigenvalue weighted by atomic mass is 9.88. The van der Waals surface area contributed by atoms with Crippen LogP contribution in [0.2, 0.25) is 5.02 Å². The molecule has 0 bridgehead atoms. The number of tetrazole rings is 1. The molecule has 1 aliphatic heterocycles. The third kappa shape index (κ3) is 4.28. The summed E-state index contributed by atoms with van der Waals surface area (Å²) in [6.07, 6.45) is 0.255. The Kier molecular flexibility index (Phi) is 6.40. The van der Waals surface area contributed by atoms with E-state index in [1.165, 1.54) is 18.2 Å². The molecule has 12 heteroatoms. The van der Waals surface area contributed by atoms with E-state index in [0.29, 0.717) is 11.1 Å². The highest BCUT2D eigenvalue weighted by atomic mass is 35.5. The molecule has 2 aromatic carbocycles. The van der Waals surface area contributed by atoms with Crippen LogP contribution in [0.25, 0.3) is 0 Å². The van der Waals surface area contributed by atoms with Crippen LogP contribution in [-0.2, 0) is 15.6 Å². The lowest BCUT2D eigenvalue weighted by Gasteiger charge is -2.33. The summed E-state index contributed by atoms with van der Waals surface area (Å²) in [5.41, 5.74) is 0.741. The molecule has 1 aliphatic rings. The molecule has 182 valence electrons. The van der Waals surface area contributed by atoms with E-state index in [1.54, 1.807) is 26.8 Å². The van der Waals surface area contributed by atoms with Crippen LogP contribution in [0.1, 0.15) is 60.3 Å². The van der Waals surface area contributed by atoms with E-state index < -0.39 is 33.4 Å². The number of hydrogen-bond donors (Lipinski definition) is 3. The second kappa shape index (κ2) is 8.88. The minimum atomic E-state index is -4.27. The molecule has 0 radical (unpaired) electrons. The lowest BCUT2D eigenvalue weighted by Crippen LogP contribution is -2.35. The summed E-state index contributed by atoms with van der Waals surface area (Å²) >= 11 is 6.29. The lowest BCUT2D eigenvalue weighted by molar-refractivity contribution is 0.0135. The summed E-state index contributed by atoms with van der Waals surface area (Å²) in [4.78, 5) is -0.200. The van der Waals surface area contributed by atoms with Crippen LogP contribution in [0.3, 0.4) is 0 Å². The average Bonchev–Trinajstić information content (AvgIpc) is 3.29. The molecule has 2 heterocycles. The maximum Gasteiger partial charge on any atom is 0.244 e. The second-order valence-corrected chi connectivity index (χ2v) is 10.8. The number of H-pyrrole nitrogens is 1. The first-order valence-electron chi connectivity index (χ1n) is 10.6. The standard InChI is InChI=1S/C22H25ClFN5O4S/c1-11-5-7-15(24)17(12(11)2)13(3)19(21-25-28-29-26-21)27-34(31,32)16-8-6-14(23)18-20(16)33-10-9-22(18,4)30/h5-8,13,19,27,30H,9-10H2,1-4H3,(H,25,26,28,29)/t13-,19+,22-/m1/s1. The van der Waals surface area contributed by atoms with Crippen molar-refractivity contribution in [2.75, 3.05) is 6.61 Å². The predicted octanol–water partition coefficient (Wildman–Crippen LogP) is 3.42. The summed E-state index contributed by atoms with van der Waals surface area (Å²) in [5, 5.41) is 24.8. The maximum absolute atomic E-state index is 14.9. The fourth-order valence-electron chi connectivity index (χ4n) is 4.31. The summed E-state index contributed by atoms with van der Waals surface area (Å²) in [5.74, 6) is -1.13. The van der Waals surface area contributed by atoms with Crippen LogP contribution in [-0.4, -0.2) is 40.8 Å².